The summed E-state index contributed by atoms with van der Waals surface area (Å²) in [5.41, 5.74) is 0. The second-order valence-electron chi connectivity index (χ2n) is 5.52. The molecule has 2 saturated heterocycles. The first-order valence-corrected chi connectivity index (χ1v) is 8.20. The average molecular weight is 276 g/mol. The molecule has 0 radical (unpaired) electrons. The van der Waals surface area contributed by atoms with E-state index in [1.54, 1.807) is 18.3 Å². The summed E-state index contributed by atoms with van der Waals surface area (Å²) in [5, 5.41) is -0.460. The molecule has 0 aromatic carbocycles. The van der Waals surface area contributed by atoms with Crippen molar-refractivity contribution in [3.63, 3.8) is 0 Å². The van der Waals surface area contributed by atoms with Gasteiger partial charge in [0, 0.05) is 32.3 Å². The van der Waals surface area contributed by atoms with E-state index in [4.69, 9.17) is 4.74 Å². The lowest BCUT2D eigenvalue weighted by Gasteiger charge is -2.42. The molecule has 0 aliphatic carbocycles. The Hall–Kier alpha value is -0.170. The first-order valence-electron chi connectivity index (χ1n) is 6.70. The molecule has 106 valence electrons. The van der Waals surface area contributed by atoms with Crippen LogP contribution in [0, 0.1) is 0 Å². The number of ether oxygens (including phenoxy) is 1. The van der Waals surface area contributed by atoms with E-state index in [9.17, 15) is 8.42 Å². The fourth-order valence-corrected chi connectivity index (χ4v) is 4.79. The molecule has 2 rings (SSSR count). The number of methoxy groups -OCH3 is 1. The predicted molar refractivity (Wildman–Crippen MR) is 71.0 cm³/mol. The fraction of sp³-hybridized carbons (Fsp3) is 1.00. The Bertz CT molecular complexity index is 385. The van der Waals surface area contributed by atoms with Crippen molar-refractivity contribution >= 4 is 10.0 Å². The lowest BCUT2D eigenvalue weighted by Crippen LogP contribution is -2.58. The van der Waals surface area contributed by atoms with E-state index < -0.39 is 15.3 Å². The molecule has 2 aliphatic heterocycles. The van der Waals surface area contributed by atoms with Crippen LogP contribution in [0.25, 0.3) is 0 Å². The summed E-state index contributed by atoms with van der Waals surface area (Å²) in [7, 11) is -1.68. The molecular formula is C12H24N2O3S. The van der Waals surface area contributed by atoms with Gasteiger partial charge in [0.2, 0.25) is 10.0 Å². The van der Waals surface area contributed by atoms with E-state index in [0.29, 0.717) is 12.6 Å². The zero-order valence-electron chi connectivity index (χ0n) is 11.5. The van der Waals surface area contributed by atoms with Gasteiger partial charge < -0.3 is 4.74 Å². The van der Waals surface area contributed by atoms with Crippen molar-refractivity contribution in [3.05, 3.63) is 0 Å². The summed E-state index contributed by atoms with van der Waals surface area (Å²) < 4.78 is 31.7. The number of fused-ring (bicyclic) bond motifs is 1. The largest absolute Gasteiger partial charge is 0.383 e. The van der Waals surface area contributed by atoms with Gasteiger partial charge in [0.15, 0.2) is 0 Å². The summed E-state index contributed by atoms with van der Waals surface area (Å²) in [4.78, 5) is 2.43. The van der Waals surface area contributed by atoms with Gasteiger partial charge in [-0.2, -0.15) is 4.31 Å². The third kappa shape index (κ3) is 2.57. The molecule has 18 heavy (non-hydrogen) atoms. The Morgan fingerprint density at radius 2 is 2.11 bits per heavy atom. The molecule has 0 saturated carbocycles. The predicted octanol–water partition coefficient (Wildman–Crippen LogP) is 0.520. The quantitative estimate of drug-likeness (QED) is 0.751. The van der Waals surface area contributed by atoms with E-state index in [-0.39, 0.29) is 12.6 Å². The molecule has 2 heterocycles. The fourth-order valence-electron chi connectivity index (χ4n) is 3.07. The highest BCUT2D eigenvalue weighted by atomic mass is 32.2. The van der Waals surface area contributed by atoms with Gasteiger partial charge in [-0.1, -0.05) is 0 Å². The van der Waals surface area contributed by atoms with Crippen molar-refractivity contribution in [2.24, 2.45) is 0 Å². The molecule has 0 aromatic heterocycles. The van der Waals surface area contributed by atoms with Gasteiger partial charge in [-0.25, -0.2) is 8.42 Å². The molecule has 5 nitrogen and oxygen atoms in total. The Morgan fingerprint density at radius 1 is 1.39 bits per heavy atom. The first kappa shape index (κ1) is 14.2. The van der Waals surface area contributed by atoms with Crippen LogP contribution in [0.4, 0.5) is 0 Å². The minimum atomic E-state index is -3.23. The Morgan fingerprint density at radius 3 is 2.78 bits per heavy atom. The smallest absolute Gasteiger partial charge is 0.219 e. The van der Waals surface area contributed by atoms with Gasteiger partial charge in [-0.3, -0.25) is 4.90 Å². The van der Waals surface area contributed by atoms with Gasteiger partial charge >= 0.3 is 0 Å². The van der Waals surface area contributed by atoms with Gasteiger partial charge in [0.05, 0.1) is 11.9 Å². The average Bonchev–Trinajstić information content (AvgIpc) is 2.75. The Labute approximate surface area is 110 Å². The van der Waals surface area contributed by atoms with Crippen LogP contribution in [0.3, 0.4) is 0 Å². The maximum atomic E-state index is 12.5. The summed E-state index contributed by atoms with van der Waals surface area (Å²) >= 11 is 0. The van der Waals surface area contributed by atoms with Crippen LogP contribution in [-0.4, -0.2) is 68.3 Å². The topological polar surface area (TPSA) is 49.9 Å². The highest BCUT2D eigenvalue weighted by Crippen LogP contribution is 2.27. The molecule has 2 aliphatic rings. The van der Waals surface area contributed by atoms with Crippen LogP contribution < -0.4 is 0 Å². The molecule has 0 N–H and O–H groups in total. The van der Waals surface area contributed by atoms with Crippen LogP contribution >= 0.6 is 0 Å². The molecule has 0 amide bonds. The van der Waals surface area contributed by atoms with E-state index in [0.717, 1.165) is 19.5 Å². The van der Waals surface area contributed by atoms with Gasteiger partial charge in [-0.15, -0.1) is 0 Å². The van der Waals surface area contributed by atoms with E-state index in [2.05, 4.69) is 4.90 Å². The van der Waals surface area contributed by atoms with Crippen molar-refractivity contribution in [2.45, 2.75) is 44.0 Å². The maximum Gasteiger partial charge on any atom is 0.219 e. The number of sulfonamides is 1. The highest BCUT2D eigenvalue weighted by molar-refractivity contribution is 7.89. The summed E-state index contributed by atoms with van der Waals surface area (Å²) in [6.45, 7) is 6.63. The summed E-state index contributed by atoms with van der Waals surface area (Å²) in [6.07, 6.45) is 2.32. The molecule has 6 heteroatoms. The van der Waals surface area contributed by atoms with Crippen LogP contribution in [0.2, 0.25) is 0 Å². The van der Waals surface area contributed by atoms with Crippen molar-refractivity contribution in [1.29, 1.82) is 0 Å². The molecule has 2 fully saturated rings. The molecular weight excluding hydrogens is 252 g/mol. The molecule has 3 atom stereocenters. The van der Waals surface area contributed by atoms with Crippen molar-refractivity contribution < 1.29 is 13.2 Å². The Balaban J connectivity index is 2.12. The minimum absolute atomic E-state index is 0.0728. The van der Waals surface area contributed by atoms with Crippen LogP contribution in [-0.2, 0) is 14.8 Å². The second kappa shape index (κ2) is 5.45. The minimum Gasteiger partial charge on any atom is -0.383 e. The van der Waals surface area contributed by atoms with Crippen molar-refractivity contribution in [2.75, 3.05) is 33.4 Å². The molecule has 0 spiro atoms. The first-order chi connectivity index (χ1) is 8.46. The highest BCUT2D eigenvalue weighted by Gasteiger charge is 2.41. The number of nitrogens with zero attached hydrogens (tertiary/aromatic N) is 2. The van der Waals surface area contributed by atoms with E-state index in [1.807, 2.05) is 6.92 Å². The zero-order chi connectivity index (χ0) is 13.3. The third-order valence-corrected chi connectivity index (χ3v) is 6.43. The molecule has 0 aromatic rings. The van der Waals surface area contributed by atoms with Gasteiger partial charge in [0.25, 0.3) is 0 Å². The number of piperazine rings is 1. The lowest BCUT2D eigenvalue weighted by atomic mass is 10.1. The van der Waals surface area contributed by atoms with Gasteiger partial charge in [0.1, 0.15) is 0 Å². The van der Waals surface area contributed by atoms with Crippen LogP contribution in [0.5, 0.6) is 0 Å². The van der Waals surface area contributed by atoms with Crippen molar-refractivity contribution in [3.8, 4) is 0 Å². The monoisotopic (exact) mass is 276 g/mol. The molecule has 0 unspecified atom stereocenters. The SMILES string of the molecule is COC[C@H](C)S(=O)(=O)N1C[C@@H]2CCCN2C[C@@H]1C. The van der Waals surface area contributed by atoms with E-state index in [1.165, 1.54) is 6.42 Å². The maximum absolute atomic E-state index is 12.5. The number of hydrogen-bond acceptors (Lipinski definition) is 4. The lowest BCUT2D eigenvalue weighted by molar-refractivity contribution is 0.114. The third-order valence-electron chi connectivity index (χ3n) is 4.12. The zero-order valence-corrected chi connectivity index (χ0v) is 12.3. The summed E-state index contributed by atoms with van der Waals surface area (Å²) in [6, 6.07) is 0.495. The van der Waals surface area contributed by atoms with Gasteiger partial charge in [-0.05, 0) is 33.2 Å². The summed E-state index contributed by atoms with van der Waals surface area (Å²) in [5.74, 6) is 0. The molecule has 0 bridgehead atoms. The standard InChI is InChI=1S/C12H24N2O3S/c1-10-7-13-6-4-5-12(13)8-14(10)18(15,16)11(2)9-17-3/h10-12H,4-9H2,1-3H3/t10-,11-,12-/m0/s1. The number of hydrogen-bond donors (Lipinski definition) is 0. The van der Waals surface area contributed by atoms with Crippen LogP contribution in [0.1, 0.15) is 26.7 Å². The van der Waals surface area contributed by atoms with E-state index >= 15 is 0 Å². The number of rotatable bonds is 4. The Kier molecular flexibility index (Phi) is 4.31. The van der Waals surface area contributed by atoms with Crippen molar-refractivity contribution in [1.82, 2.24) is 9.21 Å². The normalized spacial score (nSPS) is 32.4. The van der Waals surface area contributed by atoms with Crippen LogP contribution in [0.15, 0.2) is 0 Å². The second-order valence-corrected chi connectivity index (χ2v) is 7.82.